The lowest BCUT2D eigenvalue weighted by atomic mass is 10.1. The predicted octanol–water partition coefficient (Wildman–Crippen LogP) is 4.13. The molecule has 1 atom stereocenters. The van der Waals surface area contributed by atoms with Gasteiger partial charge in [0.1, 0.15) is 11.5 Å². The van der Waals surface area contributed by atoms with Crippen molar-refractivity contribution in [2.75, 3.05) is 0 Å². The van der Waals surface area contributed by atoms with E-state index in [1.807, 2.05) is 24.3 Å². The Kier molecular flexibility index (Phi) is 4.16. The Hall–Kier alpha value is -2.80. The summed E-state index contributed by atoms with van der Waals surface area (Å²) in [5.74, 6) is -0.437. The quantitative estimate of drug-likeness (QED) is 0.648. The topological polar surface area (TPSA) is 56.5 Å². The lowest BCUT2D eigenvalue weighted by Gasteiger charge is -2.04. The van der Waals surface area contributed by atoms with Crippen LogP contribution in [0.15, 0.2) is 64.2 Å². The Morgan fingerprint density at radius 3 is 2.42 bits per heavy atom. The number of carbonyl (C=O) groups is 1. The molecule has 0 bridgehead atoms. The molecule has 1 amide bonds. The molecule has 1 aromatic heterocycles. The van der Waals surface area contributed by atoms with E-state index in [9.17, 15) is 9.18 Å². The van der Waals surface area contributed by atoms with Crippen molar-refractivity contribution in [2.24, 2.45) is 4.99 Å². The SMILES string of the molecule is C[C@@H]1OC(c2cn(-c3ccc(Br)cc3)nc2-c2ccc(F)cc2)=NC1=O. The van der Waals surface area contributed by atoms with Crippen LogP contribution < -0.4 is 0 Å². The fourth-order valence-corrected chi connectivity index (χ4v) is 2.90. The minimum atomic E-state index is -0.623. The van der Waals surface area contributed by atoms with Gasteiger partial charge in [0.05, 0.1) is 11.3 Å². The van der Waals surface area contributed by atoms with Crippen LogP contribution in [0.2, 0.25) is 0 Å². The van der Waals surface area contributed by atoms with Crippen LogP contribution in [0.5, 0.6) is 0 Å². The highest BCUT2D eigenvalue weighted by Gasteiger charge is 2.29. The summed E-state index contributed by atoms with van der Waals surface area (Å²) in [6, 6.07) is 13.6. The van der Waals surface area contributed by atoms with Gasteiger partial charge in [-0.3, -0.25) is 4.79 Å². The van der Waals surface area contributed by atoms with Gasteiger partial charge in [0.2, 0.25) is 5.90 Å². The van der Waals surface area contributed by atoms with Gasteiger partial charge in [0.25, 0.3) is 5.91 Å². The molecule has 130 valence electrons. The van der Waals surface area contributed by atoms with Crippen LogP contribution in [-0.4, -0.2) is 27.7 Å². The lowest BCUT2D eigenvalue weighted by molar-refractivity contribution is -0.121. The first-order valence-corrected chi connectivity index (χ1v) is 8.71. The molecule has 2 aromatic carbocycles. The first-order valence-electron chi connectivity index (χ1n) is 7.92. The van der Waals surface area contributed by atoms with E-state index in [2.05, 4.69) is 26.0 Å². The van der Waals surface area contributed by atoms with E-state index >= 15 is 0 Å². The normalized spacial score (nSPS) is 16.5. The third-order valence-electron chi connectivity index (χ3n) is 4.00. The number of hydrogen-bond acceptors (Lipinski definition) is 3. The predicted molar refractivity (Wildman–Crippen MR) is 98.7 cm³/mol. The Balaban J connectivity index is 1.85. The van der Waals surface area contributed by atoms with Gasteiger partial charge in [-0.15, -0.1) is 0 Å². The molecule has 1 aliphatic heterocycles. The zero-order chi connectivity index (χ0) is 18.3. The highest BCUT2D eigenvalue weighted by atomic mass is 79.9. The number of aliphatic imine (C=N–C) groups is 1. The van der Waals surface area contributed by atoms with Gasteiger partial charge in [-0.25, -0.2) is 9.07 Å². The van der Waals surface area contributed by atoms with E-state index in [0.29, 0.717) is 16.8 Å². The molecular formula is C19H13BrFN3O2. The molecule has 3 aromatic rings. The van der Waals surface area contributed by atoms with E-state index in [0.717, 1.165) is 10.2 Å². The van der Waals surface area contributed by atoms with Crippen molar-refractivity contribution in [3.8, 4) is 16.9 Å². The first kappa shape index (κ1) is 16.7. The second-order valence-corrected chi connectivity index (χ2v) is 6.75. The highest BCUT2D eigenvalue weighted by molar-refractivity contribution is 9.10. The largest absolute Gasteiger partial charge is 0.464 e. The second kappa shape index (κ2) is 6.49. The van der Waals surface area contributed by atoms with Crippen LogP contribution in [0, 0.1) is 5.82 Å². The van der Waals surface area contributed by atoms with Crippen LogP contribution in [0.4, 0.5) is 4.39 Å². The summed E-state index contributed by atoms with van der Waals surface area (Å²) in [5.41, 5.74) is 2.68. The highest BCUT2D eigenvalue weighted by Crippen LogP contribution is 2.27. The van der Waals surface area contributed by atoms with Crippen LogP contribution in [0.3, 0.4) is 0 Å². The summed E-state index contributed by atoms with van der Waals surface area (Å²) in [7, 11) is 0. The second-order valence-electron chi connectivity index (χ2n) is 5.83. The molecule has 4 rings (SSSR count). The smallest absolute Gasteiger partial charge is 0.289 e. The Morgan fingerprint density at radius 1 is 1.12 bits per heavy atom. The zero-order valence-electron chi connectivity index (χ0n) is 13.7. The zero-order valence-corrected chi connectivity index (χ0v) is 15.3. The molecular weight excluding hydrogens is 401 g/mol. The van der Waals surface area contributed by atoms with Crippen LogP contribution in [0.25, 0.3) is 16.9 Å². The van der Waals surface area contributed by atoms with Crippen molar-refractivity contribution in [1.29, 1.82) is 0 Å². The molecule has 1 aliphatic rings. The number of benzene rings is 2. The van der Waals surface area contributed by atoms with E-state index in [4.69, 9.17) is 4.74 Å². The van der Waals surface area contributed by atoms with Gasteiger partial charge in [-0.05, 0) is 55.5 Å². The molecule has 7 heteroatoms. The summed E-state index contributed by atoms with van der Waals surface area (Å²) < 4.78 is 21.5. The third-order valence-corrected chi connectivity index (χ3v) is 4.53. The van der Waals surface area contributed by atoms with Gasteiger partial charge in [0, 0.05) is 16.2 Å². The summed E-state index contributed by atoms with van der Waals surface area (Å²) in [6.07, 6.45) is 1.13. The first-order chi connectivity index (χ1) is 12.5. The van der Waals surface area contributed by atoms with Crippen molar-refractivity contribution in [3.63, 3.8) is 0 Å². The summed E-state index contributed by atoms with van der Waals surface area (Å²) in [4.78, 5) is 15.8. The van der Waals surface area contributed by atoms with Crippen molar-refractivity contribution >= 4 is 27.7 Å². The van der Waals surface area contributed by atoms with Crippen molar-refractivity contribution in [2.45, 2.75) is 13.0 Å². The van der Waals surface area contributed by atoms with Crippen molar-refractivity contribution in [3.05, 3.63) is 70.6 Å². The fraction of sp³-hybridized carbons (Fsp3) is 0.105. The van der Waals surface area contributed by atoms with Crippen LogP contribution in [-0.2, 0) is 9.53 Å². The maximum absolute atomic E-state index is 13.3. The number of amides is 1. The number of rotatable bonds is 3. The van der Waals surface area contributed by atoms with Gasteiger partial charge < -0.3 is 4.74 Å². The molecule has 0 saturated heterocycles. The van der Waals surface area contributed by atoms with Gasteiger partial charge in [-0.1, -0.05) is 15.9 Å². The number of hydrogen-bond donors (Lipinski definition) is 0. The van der Waals surface area contributed by atoms with Gasteiger partial charge in [0.15, 0.2) is 6.10 Å². The Labute approximate surface area is 157 Å². The molecule has 0 fully saturated rings. The molecule has 2 heterocycles. The third kappa shape index (κ3) is 3.06. The van der Waals surface area contributed by atoms with E-state index < -0.39 is 6.10 Å². The maximum Gasteiger partial charge on any atom is 0.289 e. The molecule has 26 heavy (non-hydrogen) atoms. The fourth-order valence-electron chi connectivity index (χ4n) is 2.64. The van der Waals surface area contributed by atoms with Crippen LogP contribution in [0.1, 0.15) is 12.5 Å². The standard InChI is InChI=1S/C19H13BrFN3O2/c1-11-18(25)22-19(26-11)16-10-24(15-8-4-13(20)5-9-15)23-17(16)12-2-6-14(21)7-3-12/h2-11H,1H3/t11-/m0/s1. The summed E-state index contributed by atoms with van der Waals surface area (Å²) in [5, 5.41) is 4.61. The minimum Gasteiger partial charge on any atom is -0.464 e. The molecule has 0 N–H and O–H groups in total. The minimum absolute atomic E-state index is 0.227. The average molecular weight is 414 g/mol. The van der Waals surface area contributed by atoms with Crippen molar-refractivity contribution < 1.29 is 13.9 Å². The monoisotopic (exact) mass is 413 g/mol. The van der Waals surface area contributed by atoms with Crippen molar-refractivity contribution in [1.82, 2.24) is 9.78 Å². The molecule has 0 unspecified atom stereocenters. The Morgan fingerprint density at radius 2 is 1.81 bits per heavy atom. The Bertz CT molecular complexity index is 1010. The summed E-state index contributed by atoms with van der Waals surface area (Å²) in [6.45, 7) is 1.65. The number of aromatic nitrogens is 2. The van der Waals surface area contributed by atoms with E-state index in [1.54, 1.807) is 29.9 Å². The number of halogens is 2. The van der Waals surface area contributed by atoms with Crippen LogP contribution >= 0.6 is 15.9 Å². The number of carbonyl (C=O) groups excluding carboxylic acids is 1. The molecule has 0 radical (unpaired) electrons. The van der Waals surface area contributed by atoms with Gasteiger partial charge >= 0.3 is 0 Å². The lowest BCUT2D eigenvalue weighted by Crippen LogP contribution is -2.12. The molecule has 0 saturated carbocycles. The molecule has 0 aliphatic carbocycles. The van der Waals surface area contributed by atoms with Gasteiger partial charge in [-0.2, -0.15) is 10.1 Å². The maximum atomic E-state index is 13.3. The number of ether oxygens (including phenoxy) is 1. The van der Waals surface area contributed by atoms with E-state index in [-0.39, 0.29) is 17.6 Å². The van der Waals surface area contributed by atoms with E-state index in [1.165, 1.54) is 12.1 Å². The molecule has 0 spiro atoms. The average Bonchev–Trinajstić information content (AvgIpc) is 3.20. The summed E-state index contributed by atoms with van der Waals surface area (Å²) >= 11 is 3.41. The molecule has 5 nitrogen and oxygen atoms in total. The number of nitrogens with zero attached hydrogens (tertiary/aromatic N) is 3.